The molecule has 0 fully saturated rings. The maximum Gasteiger partial charge on any atom is 0.193 e. The first-order chi connectivity index (χ1) is 14.9. The zero-order valence-electron chi connectivity index (χ0n) is 22.0. The molecule has 0 saturated carbocycles. The molecule has 0 aromatic heterocycles. The minimum atomic E-state index is -2.07. The van der Waals surface area contributed by atoms with Crippen LogP contribution in [0.4, 0.5) is 0 Å². The molecule has 1 rings (SSSR count). The van der Waals surface area contributed by atoms with Gasteiger partial charge >= 0.3 is 0 Å². The number of hydrogen-bond donors (Lipinski definition) is 0. The van der Waals surface area contributed by atoms with Gasteiger partial charge in [0.2, 0.25) is 0 Å². The lowest BCUT2D eigenvalue weighted by Gasteiger charge is -2.40. The third kappa shape index (κ3) is 7.98. The molecule has 32 heavy (non-hydrogen) atoms. The SMILES string of the molecule is C/C=C/[C@H](O[Si](CC)(CC)CC)[C@H](Sc1ccccc1)C(=O)[C@H](C)O[Si](C)(C)C(C)(C)C. The maximum absolute atomic E-state index is 13.9. The zero-order chi connectivity index (χ0) is 24.6. The first-order valence-corrected chi connectivity index (χ1v) is 18.4. The van der Waals surface area contributed by atoms with Gasteiger partial charge in [-0.3, -0.25) is 4.79 Å². The molecular weight excluding hydrogens is 449 g/mol. The molecule has 0 amide bonds. The van der Waals surface area contributed by atoms with E-state index in [0.717, 1.165) is 23.0 Å². The van der Waals surface area contributed by atoms with Gasteiger partial charge in [-0.1, -0.05) is 71.9 Å². The summed E-state index contributed by atoms with van der Waals surface area (Å²) in [7, 11) is -3.97. The van der Waals surface area contributed by atoms with E-state index in [9.17, 15) is 4.79 Å². The van der Waals surface area contributed by atoms with Gasteiger partial charge in [-0.25, -0.2) is 0 Å². The van der Waals surface area contributed by atoms with Gasteiger partial charge in [0.1, 0.15) is 6.10 Å². The molecule has 3 nitrogen and oxygen atoms in total. The van der Waals surface area contributed by atoms with Crippen molar-refractivity contribution in [1.82, 2.24) is 0 Å². The minimum absolute atomic E-state index is 0.0531. The van der Waals surface area contributed by atoms with Crippen molar-refractivity contribution in [3.05, 3.63) is 42.5 Å². The summed E-state index contributed by atoms with van der Waals surface area (Å²) >= 11 is 1.61. The lowest BCUT2D eigenvalue weighted by Crippen LogP contribution is -2.50. The number of allylic oxidation sites excluding steroid dienone is 1. The van der Waals surface area contributed by atoms with Crippen molar-refractivity contribution in [3.8, 4) is 0 Å². The number of ketones is 1. The van der Waals surface area contributed by atoms with Crippen LogP contribution in [0.25, 0.3) is 0 Å². The van der Waals surface area contributed by atoms with Gasteiger partial charge in [-0.15, -0.1) is 11.8 Å². The molecule has 0 saturated heterocycles. The molecule has 1 aromatic rings. The molecule has 182 valence electrons. The molecule has 0 bridgehead atoms. The Balaban J connectivity index is 3.34. The Morgan fingerprint density at radius 3 is 2.00 bits per heavy atom. The summed E-state index contributed by atoms with van der Waals surface area (Å²) in [4.78, 5) is 15.0. The summed E-state index contributed by atoms with van der Waals surface area (Å²) in [6.45, 7) is 21.7. The zero-order valence-corrected chi connectivity index (χ0v) is 24.8. The lowest BCUT2D eigenvalue weighted by molar-refractivity contribution is -0.126. The summed E-state index contributed by atoms with van der Waals surface area (Å²) in [6, 6.07) is 13.4. The van der Waals surface area contributed by atoms with E-state index in [1.54, 1.807) is 11.8 Å². The van der Waals surface area contributed by atoms with Crippen molar-refractivity contribution in [3.63, 3.8) is 0 Å². The quantitative estimate of drug-likeness (QED) is 0.158. The second kappa shape index (κ2) is 12.7. The van der Waals surface area contributed by atoms with Crippen LogP contribution in [0.3, 0.4) is 0 Å². The second-order valence-electron chi connectivity index (χ2n) is 10.1. The third-order valence-electron chi connectivity index (χ3n) is 6.96. The molecule has 1 aromatic carbocycles. The highest BCUT2D eigenvalue weighted by atomic mass is 32.2. The van der Waals surface area contributed by atoms with E-state index in [1.807, 2.05) is 38.1 Å². The van der Waals surface area contributed by atoms with E-state index in [2.05, 4.69) is 72.8 Å². The molecule has 0 radical (unpaired) electrons. The van der Waals surface area contributed by atoms with Crippen LogP contribution in [-0.4, -0.2) is 39.9 Å². The molecule has 0 heterocycles. The number of benzene rings is 1. The van der Waals surface area contributed by atoms with Crippen molar-refractivity contribution >= 4 is 34.2 Å². The van der Waals surface area contributed by atoms with Gasteiger partial charge in [0.25, 0.3) is 0 Å². The van der Waals surface area contributed by atoms with E-state index in [-0.39, 0.29) is 22.2 Å². The number of carbonyl (C=O) groups is 1. The van der Waals surface area contributed by atoms with Crippen molar-refractivity contribution < 1.29 is 13.6 Å². The van der Waals surface area contributed by atoms with Crippen molar-refractivity contribution in [2.45, 2.75) is 114 Å². The summed E-state index contributed by atoms with van der Waals surface area (Å²) in [5.74, 6) is 0.123. The molecule has 0 N–H and O–H groups in total. The Labute approximate surface area is 204 Å². The summed E-state index contributed by atoms with van der Waals surface area (Å²) in [5.41, 5.74) is 0. The standard InChI is InChI=1S/C26H46O3SSi2/c1-11-18-23(29-32(12-2,13-3)14-4)25(30-22-19-16-15-17-20-22)24(27)21(5)28-31(9,10)26(6,7)8/h11,15-21,23,25H,12-14H2,1-10H3/b18-11+/t21-,23-,25-/m0/s1. The molecule has 0 unspecified atom stereocenters. The van der Waals surface area contributed by atoms with E-state index in [4.69, 9.17) is 8.85 Å². The van der Waals surface area contributed by atoms with Crippen LogP contribution in [0.5, 0.6) is 0 Å². The molecule has 0 aliphatic rings. The number of rotatable bonds is 13. The lowest BCUT2D eigenvalue weighted by atomic mass is 10.1. The fraction of sp³-hybridized carbons (Fsp3) is 0.654. The van der Waals surface area contributed by atoms with Gasteiger partial charge in [-0.2, -0.15) is 0 Å². The maximum atomic E-state index is 13.9. The third-order valence-corrected chi connectivity index (χ3v) is 17.5. The number of thioether (sulfide) groups is 1. The Morgan fingerprint density at radius 2 is 1.56 bits per heavy atom. The largest absolute Gasteiger partial charge is 0.409 e. The highest BCUT2D eigenvalue weighted by Crippen LogP contribution is 2.39. The van der Waals surface area contributed by atoms with Crippen molar-refractivity contribution in [2.24, 2.45) is 0 Å². The smallest absolute Gasteiger partial charge is 0.193 e. The first kappa shape index (κ1) is 29.4. The average molecular weight is 495 g/mol. The van der Waals surface area contributed by atoms with Gasteiger partial charge in [-0.05, 0) is 62.2 Å². The predicted octanol–water partition coefficient (Wildman–Crippen LogP) is 8.09. The summed E-state index contributed by atoms with van der Waals surface area (Å²) in [5, 5.41) is -0.290. The van der Waals surface area contributed by atoms with Crippen molar-refractivity contribution in [2.75, 3.05) is 0 Å². The summed E-state index contributed by atoms with van der Waals surface area (Å²) < 4.78 is 13.4. The normalized spacial score (nSPS) is 16.2. The van der Waals surface area contributed by atoms with Gasteiger partial charge in [0.05, 0.1) is 11.4 Å². The van der Waals surface area contributed by atoms with Crippen LogP contribution < -0.4 is 0 Å². The van der Waals surface area contributed by atoms with Crippen LogP contribution in [0.1, 0.15) is 55.4 Å². The fourth-order valence-electron chi connectivity index (χ4n) is 3.52. The molecular formula is C26H46O3SSi2. The molecule has 0 aliphatic carbocycles. The van der Waals surface area contributed by atoms with E-state index in [1.165, 1.54) is 0 Å². The Kier molecular flexibility index (Phi) is 11.7. The van der Waals surface area contributed by atoms with Crippen LogP contribution in [0.2, 0.25) is 36.3 Å². The van der Waals surface area contributed by atoms with Crippen LogP contribution >= 0.6 is 11.8 Å². The summed E-state index contributed by atoms with van der Waals surface area (Å²) in [6.07, 6.45) is 3.39. The topological polar surface area (TPSA) is 35.5 Å². The van der Waals surface area contributed by atoms with Crippen LogP contribution in [0.15, 0.2) is 47.4 Å². The van der Waals surface area contributed by atoms with Crippen molar-refractivity contribution in [1.29, 1.82) is 0 Å². The minimum Gasteiger partial charge on any atom is -0.409 e. The number of Topliss-reactive ketones (excluding diaryl/α,β-unsaturated/α-hetero) is 1. The Bertz CT molecular complexity index is 716. The molecule has 3 atom stereocenters. The molecule has 0 spiro atoms. The van der Waals surface area contributed by atoms with E-state index >= 15 is 0 Å². The Hall–Kier alpha value is -0.666. The van der Waals surface area contributed by atoms with Gasteiger partial charge < -0.3 is 8.85 Å². The first-order valence-electron chi connectivity index (χ1n) is 12.1. The van der Waals surface area contributed by atoms with E-state index < -0.39 is 22.7 Å². The highest BCUT2D eigenvalue weighted by molar-refractivity contribution is 8.00. The van der Waals surface area contributed by atoms with E-state index in [0.29, 0.717) is 0 Å². The predicted molar refractivity (Wildman–Crippen MR) is 146 cm³/mol. The number of carbonyl (C=O) groups excluding carboxylic acids is 1. The second-order valence-corrected chi connectivity index (χ2v) is 20.8. The average Bonchev–Trinajstić information content (AvgIpc) is 2.74. The Morgan fingerprint density at radius 1 is 1.03 bits per heavy atom. The molecule has 0 aliphatic heterocycles. The number of hydrogen-bond acceptors (Lipinski definition) is 4. The van der Waals surface area contributed by atoms with Gasteiger partial charge in [0.15, 0.2) is 22.4 Å². The molecule has 6 heteroatoms. The van der Waals surface area contributed by atoms with Crippen LogP contribution in [-0.2, 0) is 13.6 Å². The highest BCUT2D eigenvalue weighted by Gasteiger charge is 2.43. The van der Waals surface area contributed by atoms with Gasteiger partial charge in [0, 0.05) is 4.90 Å². The van der Waals surface area contributed by atoms with Crippen LogP contribution in [0, 0.1) is 0 Å². The fourth-order valence-corrected chi connectivity index (χ4v) is 8.96. The monoisotopic (exact) mass is 494 g/mol.